The van der Waals surface area contributed by atoms with Crippen molar-refractivity contribution in [1.82, 2.24) is 0 Å². The van der Waals surface area contributed by atoms with E-state index < -0.39 is 0 Å². The van der Waals surface area contributed by atoms with Crippen molar-refractivity contribution in [2.75, 3.05) is 0 Å². The van der Waals surface area contributed by atoms with Gasteiger partial charge in [0.25, 0.3) is 0 Å². The molecule has 1 nitrogen and oxygen atoms in total. The van der Waals surface area contributed by atoms with E-state index in [4.69, 9.17) is 5.41 Å². The van der Waals surface area contributed by atoms with E-state index in [0.29, 0.717) is 11.8 Å². The summed E-state index contributed by atoms with van der Waals surface area (Å²) in [6.45, 7) is 8.11. The Hall–Kier alpha value is -0.590. The second-order valence-corrected chi connectivity index (χ2v) is 2.86. The van der Waals surface area contributed by atoms with Gasteiger partial charge in [-0.3, -0.25) is 0 Å². The predicted molar refractivity (Wildman–Crippen MR) is 46.5 cm³/mol. The second kappa shape index (κ2) is 4.26. The Labute approximate surface area is 63.7 Å². The Bertz CT molecular complexity index is 136. The summed E-state index contributed by atoms with van der Waals surface area (Å²) >= 11 is 0. The van der Waals surface area contributed by atoms with Gasteiger partial charge in [0.05, 0.1) is 0 Å². The highest BCUT2D eigenvalue weighted by Crippen LogP contribution is 2.12. The van der Waals surface area contributed by atoms with Crippen molar-refractivity contribution in [3.8, 4) is 0 Å². The minimum absolute atomic E-state index is 0.385. The number of hydrogen-bond acceptors (Lipinski definition) is 1. The number of allylic oxidation sites excluding steroid dienone is 2. The van der Waals surface area contributed by atoms with Crippen LogP contribution in [-0.2, 0) is 0 Å². The van der Waals surface area contributed by atoms with Crippen LogP contribution in [0.4, 0.5) is 0 Å². The third-order valence-corrected chi connectivity index (χ3v) is 1.97. The van der Waals surface area contributed by atoms with E-state index in [1.165, 1.54) is 0 Å². The Balaban J connectivity index is 3.93. The van der Waals surface area contributed by atoms with Gasteiger partial charge in [0, 0.05) is 5.71 Å². The van der Waals surface area contributed by atoms with Gasteiger partial charge in [-0.15, -0.1) is 0 Å². The average Bonchev–Trinajstić information content (AvgIpc) is 1.87. The molecule has 0 fully saturated rings. The largest absolute Gasteiger partial charge is 0.310 e. The lowest BCUT2D eigenvalue weighted by Gasteiger charge is -2.14. The molecular formula is C9H17N. The summed E-state index contributed by atoms with van der Waals surface area (Å²) in [5.41, 5.74) is 0.769. The highest BCUT2D eigenvalue weighted by atomic mass is 14.4. The normalized spacial score (nSPS) is 17.2. The van der Waals surface area contributed by atoms with Gasteiger partial charge < -0.3 is 5.41 Å². The molecule has 0 aliphatic carbocycles. The molecule has 0 aliphatic rings. The van der Waals surface area contributed by atoms with Crippen LogP contribution in [-0.4, -0.2) is 5.71 Å². The van der Waals surface area contributed by atoms with Gasteiger partial charge in [-0.1, -0.05) is 26.0 Å². The molecule has 1 N–H and O–H groups in total. The number of rotatable bonds is 3. The topological polar surface area (TPSA) is 23.9 Å². The van der Waals surface area contributed by atoms with E-state index >= 15 is 0 Å². The highest BCUT2D eigenvalue weighted by Gasteiger charge is 2.09. The van der Waals surface area contributed by atoms with Crippen LogP contribution in [0.1, 0.15) is 27.7 Å². The van der Waals surface area contributed by atoms with Crippen LogP contribution in [0.25, 0.3) is 0 Å². The third kappa shape index (κ3) is 2.81. The summed E-state index contributed by atoms with van der Waals surface area (Å²) in [5, 5.41) is 7.38. The molecule has 0 aromatic heterocycles. The van der Waals surface area contributed by atoms with Crippen molar-refractivity contribution < 1.29 is 0 Å². The van der Waals surface area contributed by atoms with Crippen molar-refractivity contribution in [3.63, 3.8) is 0 Å². The van der Waals surface area contributed by atoms with Gasteiger partial charge in [0.15, 0.2) is 0 Å². The lowest BCUT2D eigenvalue weighted by Crippen LogP contribution is -2.13. The van der Waals surface area contributed by atoms with Crippen LogP contribution < -0.4 is 0 Å². The lowest BCUT2D eigenvalue weighted by atomic mass is 9.92. The van der Waals surface area contributed by atoms with Crippen LogP contribution in [0.3, 0.4) is 0 Å². The van der Waals surface area contributed by atoms with Crippen molar-refractivity contribution in [2.24, 2.45) is 11.8 Å². The van der Waals surface area contributed by atoms with Crippen molar-refractivity contribution in [2.45, 2.75) is 27.7 Å². The molecular weight excluding hydrogens is 122 g/mol. The molecule has 0 radical (unpaired) electrons. The molecule has 0 aromatic carbocycles. The fourth-order valence-electron chi connectivity index (χ4n) is 0.865. The van der Waals surface area contributed by atoms with E-state index in [0.717, 1.165) is 5.71 Å². The lowest BCUT2D eigenvalue weighted by molar-refractivity contribution is 0.585. The fraction of sp³-hybridized carbons (Fsp3) is 0.667. The first-order valence-corrected chi connectivity index (χ1v) is 3.77. The highest BCUT2D eigenvalue weighted by molar-refractivity contribution is 5.81. The first-order chi connectivity index (χ1) is 4.59. The van der Waals surface area contributed by atoms with E-state index in [1.54, 1.807) is 0 Å². The van der Waals surface area contributed by atoms with E-state index in [-0.39, 0.29) is 0 Å². The smallest absolute Gasteiger partial charge is 0.00921 e. The predicted octanol–water partition coefficient (Wildman–Crippen LogP) is 2.87. The molecule has 0 aromatic rings. The van der Waals surface area contributed by atoms with Crippen LogP contribution in [0.5, 0.6) is 0 Å². The standard InChI is InChI=1S/C9H17N/c1-5-6-7(2)8(3)9(4)10/h5-8,10H,1-4H3/b6-5-,10-9?. The van der Waals surface area contributed by atoms with Gasteiger partial charge in [0.2, 0.25) is 0 Å². The van der Waals surface area contributed by atoms with Gasteiger partial charge in [-0.05, 0) is 25.7 Å². The van der Waals surface area contributed by atoms with E-state index in [2.05, 4.69) is 19.9 Å². The average molecular weight is 139 g/mol. The Kier molecular flexibility index (Phi) is 4.01. The molecule has 2 unspecified atom stereocenters. The minimum atomic E-state index is 0.385. The molecule has 1 heteroatoms. The monoisotopic (exact) mass is 139 g/mol. The molecule has 2 atom stereocenters. The van der Waals surface area contributed by atoms with Crippen molar-refractivity contribution in [1.29, 1.82) is 5.41 Å². The quantitative estimate of drug-likeness (QED) is 0.459. The van der Waals surface area contributed by atoms with Crippen LogP contribution in [0, 0.1) is 17.2 Å². The zero-order valence-electron chi connectivity index (χ0n) is 7.31. The summed E-state index contributed by atoms with van der Waals surface area (Å²) in [5.74, 6) is 0.888. The van der Waals surface area contributed by atoms with Crippen LogP contribution in [0.2, 0.25) is 0 Å². The van der Waals surface area contributed by atoms with Gasteiger partial charge in [-0.2, -0.15) is 0 Å². The van der Waals surface area contributed by atoms with Crippen LogP contribution in [0.15, 0.2) is 12.2 Å². The molecule has 10 heavy (non-hydrogen) atoms. The molecule has 0 aliphatic heterocycles. The fourth-order valence-corrected chi connectivity index (χ4v) is 0.865. The van der Waals surface area contributed by atoms with Gasteiger partial charge >= 0.3 is 0 Å². The number of hydrogen-bond donors (Lipinski definition) is 1. The molecule has 0 rings (SSSR count). The summed E-state index contributed by atoms with van der Waals surface area (Å²) < 4.78 is 0. The van der Waals surface area contributed by atoms with Crippen molar-refractivity contribution in [3.05, 3.63) is 12.2 Å². The molecule has 0 heterocycles. The molecule has 0 amide bonds. The Morgan fingerprint density at radius 2 is 1.90 bits per heavy atom. The first-order valence-electron chi connectivity index (χ1n) is 3.77. The van der Waals surface area contributed by atoms with Gasteiger partial charge in [-0.25, -0.2) is 0 Å². The summed E-state index contributed by atoms with van der Waals surface area (Å²) in [6.07, 6.45) is 4.19. The zero-order valence-corrected chi connectivity index (χ0v) is 7.31. The maximum Gasteiger partial charge on any atom is 0.00921 e. The van der Waals surface area contributed by atoms with Crippen molar-refractivity contribution >= 4 is 5.71 Å². The molecule has 0 bridgehead atoms. The summed E-state index contributed by atoms with van der Waals surface area (Å²) in [4.78, 5) is 0. The molecule has 58 valence electrons. The molecule has 0 spiro atoms. The third-order valence-electron chi connectivity index (χ3n) is 1.97. The summed E-state index contributed by atoms with van der Waals surface area (Å²) in [6, 6.07) is 0. The van der Waals surface area contributed by atoms with Crippen LogP contribution >= 0.6 is 0 Å². The maximum absolute atomic E-state index is 7.38. The maximum atomic E-state index is 7.38. The van der Waals surface area contributed by atoms with E-state index in [1.807, 2.05) is 19.9 Å². The zero-order chi connectivity index (χ0) is 8.15. The first kappa shape index (κ1) is 9.41. The Morgan fingerprint density at radius 1 is 1.40 bits per heavy atom. The minimum Gasteiger partial charge on any atom is -0.310 e. The summed E-state index contributed by atoms with van der Waals surface area (Å²) in [7, 11) is 0. The SMILES string of the molecule is C/C=C\C(C)C(C)C(C)=N. The molecule has 0 saturated carbocycles. The number of nitrogens with one attached hydrogen (secondary N) is 1. The van der Waals surface area contributed by atoms with Gasteiger partial charge in [0.1, 0.15) is 0 Å². The second-order valence-electron chi connectivity index (χ2n) is 2.86. The Morgan fingerprint density at radius 3 is 2.20 bits per heavy atom. The molecule has 0 saturated heterocycles. The van der Waals surface area contributed by atoms with E-state index in [9.17, 15) is 0 Å².